The van der Waals surface area contributed by atoms with Crippen molar-refractivity contribution in [2.75, 3.05) is 4.90 Å². The number of hydrogen-bond donors (Lipinski definition) is 1. The monoisotopic (exact) mass is 339 g/mol. The van der Waals surface area contributed by atoms with E-state index in [0.717, 1.165) is 22.3 Å². The molecule has 0 bridgehead atoms. The van der Waals surface area contributed by atoms with Gasteiger partial charge >= 0.3 is 0 Å². The first-order valence-electron chi connectivity index (χ1n) is 6.30. The number of anilines is 1. The molecule has 1 aromatic heterocycles. The lowest BCUT2D eigenvalue weighted by Crippen LogP contribution is -2.30. The van der Waals surface area contributed by atoms with Crippen molar-refractivity contribution in [2.45, 2.75) is 33.0 Å². The van der Waals surface area contributed by atoms with E-state index in [0.29, 0.717) is 6.04 Å². The van der Waals surface area contributed by atoms with Crippen molar-refractivity contribution < 1.29 is 5.11 Å². The molecule has 2 nitrogen and oxygen atoms in total. The molecule has 1 N–H and O–H groups in total. The molecule has 0 spiro atoms. The summed E-state index contributed by atoms with van der Waals surface area (Å²) in [5.41, 5.74) is 2.06. The fourth-order valence-corrected chi connectivity index (χ4v) is 3.19. The Morgan fingerprint density at radius 2 is 2.11 bits per heavy atom. The fourth-order valence-electron chi connectivity index (χ4n) is 2.08. The van der Waals surface area contributed by atoms with Crippen molar-refractivity contribution >= 4 is 33.0 Å². The van der Waals surface area contributed by atoms with Crippen molar-refractivity contribution in [3.05, 3.63) is 50.6 Å². The third kappa shape index (κ3) is 3.59. The number of aliphatic hydroxyl groups is 1. The lowest BCUT2D eigenvalue weighted by atomic mass is 10.1. The molecule has 0 unspecified atom stereocenters. The summed E-state index contributed by atoms with van der Waals surface area (Å²) in [5, 5.41) is 11.7. The van der Waals surface area contributed by atoms with Gasteiger partial charge in [-0.2, -0.15) is 0 Å². The molecule has 19 heavy (non-hydrogen) atoms. The Bertz CT molecular complexity index is 525. The average molecular weight is 340 g/mol. The van der Waals surface area contributed by atoms with Crippen molar-refractivity contribution in [1.82, 2.24) is 0 Å². The Balaban J connectivity index is 2.33. The Labute approximate surface area is 126 Å². The second-order valence-corrected chi connectivity index (χ2v) is 6.68. The van der Waals surface area contributed by atoms with E-state index < -0.39 is 0 Å². The molecule has 0 amide bonds. The van der Waals surface area contributed by atoms with Crippen LogP contribution in [-0.4, -0.2) is 11.1 Å². The lowest BCUT2D eigenvalue weighted by molar-refractivity contribution is 0.282. The number of aliphatic hydroxyl groups excluding tert-OH is 1. The third-order valence-corrected chi connectivity index (χ3v) is 4.41. The van der Waals surface area contributed by atoms with Crippen molar-refractivity contribution in [3.8, 4) is 0 Å². The highest BCUT2D eigenvalue weighted by molar-refractivity contribution is 9.10. The van der Waals surface area contributed by atoms with Crippen LogP contribution in [0, 0.1) is 0 Å². The molecule has 0 aliphatic carbocycles. The first kappa shape index (κ1) is 14.6. The zero-order valence-corrected chi connectivity index (χ0v) is 13.5. The highest BCUT2D eigenvalue weighted by atomic mass is 79.9. The highest BCUT2D eigenvalue weighted by Gasteiger charge is 2.15. The summed E-state index contributed by atoms with van der Waals surface area (Å²) in [6.45, 7) is 5.29. The maximum absolute atomic E-state index is 9.55. The molecule has 0 radical (unpaired) electrons. The first-order chi connectivity index (χ1) is 9.11. The summed E-state index contributed by atoms with van der Waals surface area (Å²) in [6.07, 6.45) is 0. The van der Waals surface area contributed by atoms with Crippen LogP contribution in [-0.2, 0) is 13.2 Å². The van der Waals surface area contributed by atoms with Crippen LogP contribution in [0.5, 0.6) is 0 Å². The van der Waals surface area contributed by atoms with Gasteiger partial charge in [-0.25, -0.2) is 0 Å². The van der Waals surface area contributed by atoms with Gasteiger partial charge in [0.2, 0.25) is 0 Å². The zero-order chi connectivity index (χ0) is 13.8. The van der Waals surface area contributed by atoms with Gasteiger partial charge in [-0.1, -0.05) is 22.0 Å². The second-order valence-electron chi connectivity index (χ2n) is 4.73. The maximum Gasteiger partial charge on any atom is 0.0702 e. The van der Waals surface area contributed by atoms with Crippen LogP contribution in [0.2, 0.25) is 0 Å². The van der Waals surface area contributed by atoms with Crippen LogP contribution in [0.25, 0.3) is 0 Å². The van der Waals surface area contributed by atoms with E-state index in [1.165, 1.54) is 4.88 Å². The SMILES string of the molecule is CC(C)N(Cc1cccs1)c1ccc(Br)cc1CO. The summed E-state index contributed by atoms with van der Waals surface area (Å²) in [4.78, 5) is 3.66. The van der Waals surface area contributed by atoms with Crippen LogP contribution in [0.1, 0.15) is 24.3 Å². The predicted molar refractivity (Wildman–Crippen MR) is 85.7 cm³/mol. The minimum absolute atomic E-state index is 0.0580. The summed E-state index contributed by atoms with van der Waals surface area (Å²) >= 11 is 5.22. The van der Waals surface area contributed by atoms with E-state index in [9.17, 15) is 5.11 Å². The number of halogens is 1. The molecule has 1 aromatic carbocycles. The van der Waals surface area contributed by atoms with Crippen molar-refractivity contribution in [2.24, 2.45) is 0 Å². The van der Waals surface area contributed by atoms with Gasteiger partial charge in [0, 0.05) is 26.6 Å². The van der Waals surface area contributed by atoms with E-state index in [1.807, 2.05) is 12.1 Å². The number of rotatable bonds is 5. The Kier molecular flexibility index (Phi) is 5.02. The van der Waals surface area contributed by atoms with Crippen molar-refractivity contribution in [1.29, 1.82) is 0 Å². The Hall–Kier alpha value is -0.840. The predicted octanol–water partition coefficient (Wildman–Crippen LogP) is 4.42. The molecule has 0 fully saturated rings. The van der Waals surface area contributed by atoms with Gasteiger partial charge in [0.1, 0.15) is 0 Å². The van der Waals surface area contributed by atoms with Gasteiger partial charge in [0.25, 0.3) is 0 Å². The molecule has 0 atom stereocenters. The highest BCUT2D eigenvalue weighted by Crippen LogP contribution is 2.28. The molecule has 0 aliphatic heterocycles. The summed E-state index contributed by atoms with van der Waals surface area (Å²) in [6, 6.07) is 10.7. The third-order valence-electron chi connectivity index (χ3n) is 3.05. The van der Waals surface area contributed by atoms with Gasteiger partial charge < -0.3 is 10.0 Å². The Morgan fingerprint density at radius 3 is 2.68 bits per heavy atom. The van der Waals surface area contributed by atoms with Crippen LogP contribution >= 0.6 is 27.3 Å². The lowest BCUT2D eigenvalue weighted by Gasteiger charge is -2.30. The molecule has 102 valence electrons. The molecule has 0 saturated heterocycles. The summed E-state index contributed by atoms with van der Waals surface area (Å²) in [7, 11) is 0. The van der Waals surface area contributed by atoms with E-state index in [-0.39, 0.29) is 6.61 Å². The summed E-state index contributed by atoms with van der Waals surface area (Å²) in [5.74, 6) is 0. The molecule has 0 aliphatic rings. The first-order valence-corrected chi connectivity index (χ1v) is 7.97. The van der Waals surface area contributed by atoms with E-state index in [1.54, 1.807) is 11.3 Å². The van der Waals surface area contributed by atoms with E-state index in [2.05, 4.69) is 58.3 Å². The van der Waals surface area contributed by atoms with E-state index >= 15 is 0 Å². The normalized spacial score (nSPS) is 11.0. The molecular weight excluding hydrogens is 322 g/mol. The van der Waals surface area contributed by atoms with Crippen LogP contribution < -0.4 is 4.90 Å². The van der Waals surface area contributed by atoms with E-state index in [4.69, 9.17) is 0 Å². The quantitative estimate of drug-likeness (QED) is 0.871. The molecule has 2 rings (SSSR count). The fraction of sp³-hybridized carbons (Fsp3) is 0.333. The number of nitrogens with zero attached hydrogens (tertiary/aromatic N) is 1. The molecule has 4 heteroatoms. The van der Waals surface area contributed by atoms with Gasteiger partial charge in [0.15, 0.2) is 0 Å². The summed E-state index contributed by atoms with van der Waals surface area (Å²) < 4.78 is 1.00. The van der Waals surface area contributed by atoms with Gasteiger partial charge in [-0.05, 0) is 43.5 Å². The standard InChI is InChI=1S/C15H18BrNOS/c1-11(2)17(9-14-4-3-7-19-14)15-6-5-13(16)8-12(15)10-18/h3-8,11,18H,9-10H2,1-2H3. The Morgan fingerprint density at radius 1 is 1.32 bits per heavy atom. The van der Waals surface area contributed by atoms with Gasteiger partial charge in [0.05, 0.1) is 13.2 Å². The number of benzene rings is 1. The van der Waals surface area contributed by atoms with Crippen LogP contribution in [0.4, 0.5) is 5.69 Å². The average Bonchev–Trinajstić information content (AvgIpc) is 2.89. The molecule has 1 heterocycles. The number of hydrogen-bond acceptors (Lipinski definition) is 3. The topological polar surface area (TPSA) is 23.5 Å². The maximum atomic E-state index is 9.55. The van der Waals surface area contributed by atoms with Gasteiger partial charge in [-0.3, -0.25) is 0 Å². The zero-order valence-electron chi connectivity index (χ0n) is 11.1. The van der Waals surface area contributed by atoms with Crippen molar-refractivity contribution in [3.63, 3.8) is 0 Å². The van der Waals surface area contributed by atoms with Gasteiger partial charge in [-0.15, -0.1) is 11.3 Å². The van der Waals surface area contributed by atoms with Crippen LogP contribution in [0.15, 0.2) is 40.2 Å². The minimum Gasteiger partial charge on any atom is -0.392 e. The molecule has 2 aromatic rings. The van der Waals surface area contributed by atoms with Crippen LogP contribution in [0.3, 0.4) is 0 Å². The molecule has 0 saturated carbocycles. The minimum atomic E-state index is 0.0580. The molecular formula is C15H18BrNOS. The number of thiophene rings is 1. The smallest absolute Gasteiger partial charge is 0.0702 e. The largest absolute Gasteiger partial charge is 0.392 e. The second kappa shape index (κ2) is 6.55.